The minimum atomic E-state index is -1.56. The van der Waals surface area contributed by atoms with Crippen molar-refractivity contribution in [2.75, 3.05) is 14.2 Å². The van der Waals surface area contributed by atoms with Crippen molar-refractivity contribution in [2.24, 2.45) is 0 Å². The van der Waals surface area contributed by atoms with Gasteiger partial charge in [0, 0.05) is 32.7 Å². The van der Waals surface area contributed by atoms with Crippen molar-refractivity contribution in [3.63, 3.8) is 0 Å². The molecule has 0 bridgehead atoms. The first-order valence-electron chi connectivity index (χ1n) is 11.6. The lowest BCUT2D eigenvalue weighted by atomic mass is 9.90. The zero-order valence-corrected chi connectivity index (χ0v) is 21.4. The summed E-state index contributed by atoms with van der Waals surface area (Å²) in [5.74, 6) is -10.8. The molecule has 0 heterocycles. The van der Waals surface area contributed by atoms with Gasteiger partial charge >= 0.3 is 0 Å². The predicted octanol–water partition coefficient (Wildman–Crippen LogP) is 8.09. The maximum atomic E-state index is 16.0. The molecule has 0 aromatic heterocycles. The number of halogens is 6. The molecule has 0 aliphatic heterocycles. The lowest BCUT2D eigenvalue weighted by molar-refractivity contribution is 0.217. The highest BCUT2D eigenvalue weighted by Crippen LogP contribution is 2.50. The van der Waals surface area contributed by atoms with Crippen LogP contribution in [0.3, 0.4) is 0 Å². The second-order valence-electron chi connectivity index (χ2n) is 9.01. The molecule has 0 aliphatic rings. The lowest BCUT2D eigenvalue weighted by Crippen LogP contribution is -2.11. The van der Waals surface area contributed by atoms with Gasteiger partial charge in [-0.25, -0.2) is 17.6 Å². The zero-order chi connectivity index (χ0) is 28.0. The smallest absolute Gasteiger partial charge is 0.204 e. The van der Waals surface area contributed by atoms with E-state index >= 15 is 17.6 Å². The van der Waals surface area contributed by atoms with E-state index < -0.39 is 80.2 Å². The van der Waals surface area contributed by atoms with E-state index in [2.05, 4.69) is 0 Å². The number of rotatable bonds is 7. The van der Waals surface area contributed by atoms with E-state index in [1.54, 1.807) is 0 Å². The molecule has 4 nitrogen and oxygen atoms in total. The first kappa shape index (κ1) is 27.2. The number of fused-ring (bicyclic) bond motifs is 2. The predicted molar refractivity (Wildman–Crippen MR) is 131 cm³/mol. The summed E-state index contributed by atoms with van der Waals surface area (Å²) in [6, 6.07) is 4.59. The Morgan fingerprint density at radius 1 is 0.500 bits per heavy atom. The Morgan fingerprint density at radius 2 is 0.842 bits per heavy atom. The normalized spacial score (nSPS) is 11.6. The molecule has 38 heavy (non-hydrogen) atoms. The molecule has 202 valence electrons. The van der Waals surface area contributed by atoms with Crippen molar-refractivity contribution < 1.29 is 45.3 Å². The molecule has 0 saturated heterocycles. The molecule has 0 fully saturated rings. The highest BCUT2D eigenvalue weighted by Gasteiger charge is 2.31. The van der Waals surface area contributed by atoms with Gasteiger partial charge in [-0.15, -0.1) is 0 Å². The van der Waals surface area contributed by atoms with Crippen LogP contribution in [-0.4, -0.2) is 26.4 Å². The average molecular weight is 538 g/mol. The van der Waals surface area contributed by atoms with Crippen LogP contribution in [0.2, 0.25) is 0 Å². The highest BCUT2D eigenvalue weighted by atomic mass is 19.2. The van der Waals surface area contributed by atoms with Crippen molar-refractivity contribution in [1.82, 2.24) is 0 Å². The Bertz CT molecular complexity index is 1450. The summed E-state index contributed by atoms with van der Waals surface area (Å²) in [5.41, 5.74) is -0.587. The average Bonchev–Trinajstić information content (AvgIpc) is 2.88. The summed E-state index contributed by atoms with van der Waals surface area (Å²) in [6.45, 7) is 5.96. The first-order valence-corrected chi connectivity index (χ1v) is 11.6. The van der Waals surface area contributed by atoms with Crippen LogP contribution in [0, 0.1) is 34.9 Å². The zero-order valence-electron chi connectivity index (χ0n) is 21.4. The van der Waals surface area contributed by atoms with Gasteiger partial charge in [-0.2, -0.15) is 8.78 Å². The first-order chi connectivity index (χ1) is 17.9. The van der Waals surface area contributed by atoms with E-state index in [1.807, 2.05) is 0 Å². The Balaban J connectivity index is 2.31. The van der Waals surface area contributed by atoms with Crippen molar-refractivity contribution in [3.8, 4) is 34.1 Å². The maximum Gasteiger partial charge on any atom is 0.204 e. The van der Waals surface area contributed by atoms with Crippen LogP contribution < -0.4 is 18.9 Å². The van der Waals surface area contributed by atoms with E-state index in [-0.39, 0.29) is 22.6 Å². The Morgan fingerprint density at radius 3 is 1.13 bits per heavy atom. The van der Waals surface area contributed by atoms with E-state index in [9.17, 15) is 8.78 Å². The standard InChI is InChI=1S/C28H24F6O4/c1-11(2)37-27-23(31)17-13(21(29)25(27)33)7-9-15(35-5)19(17)20-16(36-6)10-8-14-18(20)24(32)28(38-12(3)4)26(34)22(14)30/h7-12H,1-6H3. The highest BCUT2D eigenvalue weighted by molar-refractivity contribution is 6.11. The molecule has 0 radical (unpaired) electrons. The summed E-state index contributed by atoms with van der Waals surface area (Å²) in [7, 11) is 2.44. The van der Waals surface area contributed by atoms with Gasteiger partial charge in [0.2, 0.25) is 11.6 Å². The molecule has 0 saturated carbocycles. The summed E-state index contributed by atoms with van der Waals surface area (Å²) in [5, 5.41) is -2.12. The van der Waals surface area contributed by atoms with Crippen molar-refractivity contribution >= 4 is 21.5 Å². The van der Waals surface area contributed by atoms with Crippen molar-refractivity contribution in [3.05, 3.63) is 59.2 Å². The van der Waals surface area contributed by atoms with Gasteiger partial charge in [0.1, 0.15) is 11.5 Å². The number of ether oxygens (including phenoxy) is 4. The molecule has 4 rings (SSSR count). The van der Waals surface area contributed by atoms with Gasteiger partial charge in [0.25, 0.3) is 0 Å². The fourth-order valence-electron chi connectivity index (χ4n) is 4.36. The van der Waals surface area contributed by atoms with Crippen molar-refractivity contribution in [1.29, 1.82) is 0 Å². The van der Waals surface area contributed by atoms with E-state index in [0.717, 1.165) is 12.1 Å². The van der Waals surface area contributed by atoms with Crippen LogP contribution in [0.1, 0.15) is 27.7 Å². The summed E-state index contributed by atoms with van der Waals surface area (Å²) < 4.78 is 113. The number of hydrogen-bond acceptors (Lipinski definition) is 4. The van der Waals surface area contributed by atoms with Gasteiger partial charge in [-0.05, 0) is 52.0 Å². The second-order valence-corrected chi connectivity index (χ2v) is 9.01. The molecule has 0 N–H and O–H groups in total. The molecule has 0 amide bonds. The van der Waals surface area contributed by atoms with E-state index in [0.29, 0.717) is 0 Å². The third-order valence-electron chi connectivity index (χ3n) is 5.83. The molecule has 4 aromatic carbocycles. The molecule has 0 aliphatic carbocycles. The maximum absolute atomic E-state index is 16.0. The second kappa shape index (κ2) is 10.2. The Hall–Kier alpha value is -3.82. The van der Waals surface area contributed by atoms with Gasteiger partial charge in [-0.1, -0.05) is 0 Å². The fourth-order valence-corrected chi connectivity index (χ4v) is 4.36. The fraction of sp³-hybridized carbons (Fsp3) is 0.286. The van der Waals surface area contributed by atoms with Crippen LogP contribution in [0.4, 0.5) is 26.3 Å². The van der Waals surface area contributed by atoms with Crippen LogP contribution in [0.5, 0.6) is 23.0 Å². The topological polar surface area (TPSA) is 36.9 Å². The largest absolute Gasteiger partial charge is 0.496 e. The van der Waals surface area contributed by atoms with E-state index in [4.69, 9.17) is 18.9 Å². The molecule has 4 aromatic rings. The van der Waals surface area contributed by atoms with E-state index in [1.165, 1.54) is 54.0 Å². The minimum absolute atomic E-state index is 0.112. The molecule has 0 unspecified atom stereocenters. The summed E-state index contributed by atoms with van der Waals surface area (Å²) >= 11 is 0. The molecular formula is C28H24F6O4. The number of benzene rings is 4. The van der Waals surface area contributed by atoms with Gasteiger partial charge in [-0.3, -0.25) is 0 Å². The third kappa shape index (κ3) is 4.21. The van der Waals surface area contributed by atoms with Gasteiger partial charge < -0.3 is 18.9 Å². The molecular weight excluding hydrogens is 514 g/mol. The SMILES string of the molecule is COc1ccc2c(F)c(F)c(OC(C)C)c(F)c2c1-c1c(OC)ccc2c(F)c(F)c(OC(C)C)c(F)c12. The molecule has 10 heteroatoms. The monoisotopic (exact) mass is 538 g/mol. The van der Waals surface area contributed by atoms with Crippen molar-refractivity contribution in [2.45, 2.75) is 39.9 Å². The van der Waals surface area contributed by atoms with Gasteiger partial charge in [0.15, 0.2) is 34.8 Å². The van der Waals surface area contributed by atoms with Crippen LogP contribution in [-0.2, 0) is 0 Å². The number of methoxy groups -OCH3 is 2. The molecule has 0 spiro atoms. The lowest BCUT2D eigenvalue weighted by Gasteiger charge is -2.21. The number of hydrogen-bond donors (Lipinski definition) is 0. The van der Waals surface area contributed by atoms with Crippen LogP contribution in [0.15, 0.2) is 24.3 Å². The Labute approximate surface area is 214 Å². The third-order valence-corrected chi connectivity index (χ3v) is 5.83. The molecule has 0 atom stereocenters. The minimum Gasteiger partial charge on any atom is -0.496 e. The van der Waals surface area contributed by atoms with Gasteiger partial charge in [0.05, 0.1) is 26.4 Å². The Kier molecular flexibility index (Phi) is 7.27. The van der Waals surface area contributed by atoms with Crippen LogP contribution in [0.25, 0.3) is 32.7 Å². The van der Waals surface area contributed by atoms with Crippen LogP contribution >= 0.6 is 0 Å². The summed E-state index contributed by atoms with van der Waals surface area (Å²) in [6.07, 6.45) is -1.47. The quantitative estimate of drug-likeness (QED) is 0.176. The summed E-state index contributed by atoms with van der Waals surface area (Å²) in [4.78, 5) is 0.